The first-order valence-corrected chi connectivity index (χ1v) is 9.36. The normalized spacial score (nSPS) is 12.8. The van der Waals surface area contributed by atoms with Gasteiger partial charge in [-0.25, -0.2) is 0 Å². The average Bonchev–Trinajstić information content (AvgIpc) is 3.04. The molecule has 140 valence electrons. The van der Waals surface area contributed by atoms with Crippen LogP contribution in [0.25, 0.3) is 0 Å². The zero-order valence-corrected chi connectivity index (χ0v) is 15.7. The number of hydrogen-bond acceptors (Lipinski definition) is 3. The van der Waals surface area contributed by atoms with E-state index in [0.717, 1.165) is 28.8 Å². The van der Waals surface area contributed by atoms with E-state index < -0.39 is 0 Å². The molecule has 4 rings (SSSR count). The van der Waals surface area contributed by atoms with Crippen LogP contribution in [0.3, 0.4) is 0 Å². The fraction of sp³-hybridized carbons (Fsp3) is 0.174. The molecule has 28 heavy (non-hydrogen) atoms. The summed E-state index contributed by atoms with van der Waals surface area (Å²) in [4.78, 5) is 31.8. The van der Waals surface area contributed by atoms with Crippen molar-refractivity contribution in [1.29, 1.82) is 0 Å². The van der Waals surface area contributed by atoms with E-state index >= 15 is 0 Å². The number of carbonyl (C=O) groups excluding carboxylic acids is 2. The number of nitrogens with one attached hydrogen (secondary N) is 1. The van der Waals surface area contributed by atoms with Gasteiger partial charge in [-0.15, -0.1) is 0 Å². The standard InChI is InChI=1S/C23H21N3O2/c1-2-17-8-3-4-11-20(17)25-22(27)19-10-5-9-18-15-26(23(28)21(18)19)14-16-7-6-12-24-13-16/h3-13H,2,14-15H2,1H3,(H,25,27). The molecule has 2 aromatic carbocycles. The van der Waals surface area contributed by atoms with E-state index in [-0.39, 0.29) is 11.8 Å². The molecule has 2 heterocycles. The van der Waals surface area contributed by atoms with Crippen LogP contribution in [0, 0.1) is 0 Å². The number of aromatic nitrogens is 1. The number of para-hydroxylation sites is 1. The maximum Gasteiger partial charge on any atom is 0.256 e. The summed E-state index contributed by atoms with van der Waals surface area (Å²) < 4.78 is 0. The smallest absolute Gasteiger partial charge is 0.256 e. The number of aryl methyl sites for hydroxylation is 1. The Morgan fingerprint density at radius 2 is 1.96 bits per heavy atom. The van der Waals surface area contributed by atoms with Gasteiger partial charge in [-0.2, -0.15) is 0 Å². The highest BCUT2D eigenvalue weighted by atomic mass is 16.2. The first-order chi connectivity index (χ1) is 13.7. The second-order valence-electron chi connectivity index (χ2n) is 6.83. The summed E-state index contributed by atoms with van der Waals surface area (Å²) in [5, 5.41) is 2.97. The Balaban J connectivity index is 1.60. The van der Waals surface area contributed by atoms with Gasteiger partial charge in [-0.1, -0.05) is 43.3 Å². The van der Waals surface area contributed by atoms with Crippen molar-refractivity contribution >= 4 is 17.5 Å². The molecule has 1 N–H and O–H groups in total. The van der Waals surface area contributed by atoms with Crippen LogP contribution in [-0.4, -0.2) is 21.7 Å². The van der Waals surface area contributed by atoms with Gasteiger partial charge < -0.3 is 10.2 Å². The molecule has 0 unspecified atom stereocenters. The van der Waals surface area contributed by atoms with Crippen LogP contribution in [0.5, 0.6) is 0 Å². The number of nitrogens with zero attached hydrogens (tertiary/aromatic N) is 2. The monoisotopic (exact) mass is 371 g/mol. The van der Waals surface area contributed by atoms with Crippen LogP contribution < -0.4 is 5.32 Å². The third-order valence-corrected chi connectivity index (χ3v) is 5.00. The molecule has 0 saturated carbocycles. The number of anilines is 1. The number of pyridine rings is 1. The molecule has 0 atom stereocenters. The molecule has 2 amide bonds. The summed E-state index contributed by atoms with van der Waals surface area (Å²) in [5.74, 6) is -0.372. The highest BCUT2D eigenvalue weighted by Crippen LogP contribution is 2.28. The van der Waals surface area contributed by atoms with Crippen molar-refractivity contribution in [2.45, 2.75) is 26.4 Å². The van der Waals surface area contributed by atoms with Crippen LogP contribution in [0.1, 0.15) is 44.3 Å². The molecule has 0 bridgehead atoms. The average molecular weight is 371 g/mol. The van der Waals surface area contributed by atoms with Gasteiger partial charge in [-0.3, -0.25) is 14.6 Å². The van der Waals surface area contributed by atoms with E-state index in [9.17, 15) is 9.59 Å². The van der Waals surface area contributed by atoms with Crippen LogP contribution in [0.4, 0.5) is 5.69 Å². The predicted molar refractivity (Wildman–Crippen MR) is 108 cm³/mol. The zero-order chi connectivity index (χ0) is 19.5. The number of fused-ring (bicyclic) bond motifs is 1. The van der Waals surface area contributed by atoms with Crippen molar-refractivity contribution in [1.82, 2.24) is 9.88 Å². The summed E-state index contributed by atoms with van der Waals surface area (Å²) in [5.41, 5.74) is 4.61. The van der Waals surface area contributed by atoms with E-state index in [4.69, 9.17) is 0 Å². The molecule has 0 aliphatic carbocycles. The number of carbonyl (C=O) groups is 2. The summed E-state index contributed by atoms with van der Waals surface area (Å²) in [6.45, 7) is 3.02. The second kappa shape index (κ2) is 7.64. The van der Waals surface area contributed by atoms with E-state index in [2.05, 4.69) is 10.3 Å². The van der Waals surface area contributed by atoms with Gasteiger partial charge in [0.2, 0.25) is 0 Å². The summed E-state index contributed by atoms with van der Waals surface area (Å²) in [6.07, 6.45) is 4.29. The third kappa shape index (κ3) is 3.39. The highest BCUT2D eigenvalue weighted by Gasteiger charge is 2.31. The van der Waals surface area contributed by atoms with Crippen molar-refractivity contribution in [3.63, 3.8) is 0 Å². The lowest BCUT2D eigenvalue weighted by molar-refractivity contribution is 0.0763. The van der Waals surface area contributed by atoms with Gasteiger partial charge in [0.15, 0.2) is 0 Å². The fourth-order valence-electron chi connectivity index (χ4n) is 3.59. The van der Waals surface area contributed by atoms with Crippen LogP contribution in [0.15, 0.2) is 67.0 Å². The SMILES string of the molecule is CCc1ccccc1NC(=O)c1cccc2c1C(=O)N(Cc1cccnc1)C2. The minimum absolute atomic E-state index is 0.117. The summed E-state index contributed by atoms with van der Waals surface area (Å²) >= 11 is 0. The van der Waals surface area contributed by atoms with Crippen LogP contribution >= 0.6 is 0 Å². The topological polar surface area (TPSA) is 62.3 Å². The van der Waals surface area contributed by atoms with Gasteiger partial charge in [-0.05, 0) is 41.3 Å². The molecule has 0 saturated heterocycles. The molecule has 1 aliphatic rings. The fourth-order valence-corrected chi connectivity index (χ4v) is 3.59. The van der Waals surface area contributed by atoms with E-state index in [0.29, 0.717) is 24.2 Å². The molecule has 0 radical (unpaired) electrons. The van der Waals surface area contributed by atoms with Gasteiger partial charge in [0.05, 0.1) is 11.1 Å². The van der Waals surface area contributed by atoms with Crippen LogP contribution in [-0.2, 0) is 19.5 Å². The lowest BCUT2D eigenvalue weighted by Crippen LogP contribution is -2.25. The molecule has 5 heteroatoms. The molecule has 3 aromatic rings. The Morgan fingerprint density at radius 1 is 1.11 bits per heavy atom. The minimum Gasteiger partial charge on any atom is -0.330 e. The first kappa shape index (κ1) is 17.9. The number of hydrogen-bond donors (Lipinski definition) is 1. The Bertz CT molecular complexity index is 1030. The minimum atomic E-state index is -0.255. The molecule has 1 aromatic heterocycles. The zero-order valence-electron chi connectivity index (χ0n) is 15.7. The van der Waals surface area contributed by atoms with Gasteiger partial charge in [0, 0.05) is 31.2 Å². The van der Waals surface area contributed by atoms with Gasteiger partial charge >= 0.3 is 0 Å². The molecule has 0 spiro atoms. The number of benzene rings is 2. The Labute approximate surface area is 164 Å². The van der Waals surface area contributed by atoms with Crippen LogP contribution in [0.2, 0.25) is 0 Å². The van der Waals surface area contributed by atoms with Crippen molar-refractivity contribution in [2.24, 2.45) is 0 Å². The molecule has 5 nitrogen and oxygen atoms in total. The molecule has 0 fully saturated rings. The van der Waals surface area contributed by atoms with E-state index in [1.807, 2.05) is 55.5 Å². The van der Waals surface area contributed by atoms with E-state index in [1.54, 1.807) is 23.4 Å². The Morgan fingerprint density at radius 3 is 2.75 bits per heavy atom. The first-order valence-electron chi connectivity index (χ1n) is 9.36. The Hall–Kier alpha value is -3.47. The predicted octanol–water partition coefficient (Wildman–Crippen LogP) is 4.05. The molecular formula is C23H21N3O2. The lowest BCUT2D eigenvalue weighted by atomic mass is 10.0. The maximum absolute atomic E-state index is 13.0. The van der Waals surface area contributed by atoms with Crippen molar-refractivity contribution < 1.29 is 9.59 Å². The lowest BCUT2D eigenvalue weighted by Gasteiger charge is -2.15. The largest absolute Gasteiger partial charge is 0.330 e. The second-order valence-corrected chi connectivity index (χ2v) is 6.83. The Kier molecular flexibility index (Phi) is 4.89. The summed E-state index contributed by atoms with van der Waals surface area (Å²) in [7, 11) is 0. The van der Waals surface area contributed by atoms with E-state index in [1.165, 1.54) is 0 Å². The maximum atomic E-state index is 13.0. The third-order valence-electron chi connectivity index (χ3n) is 5.00. The number of amides is 2. The van der Waals surface area contributed by atoms with Gasteiger partial charge in [0.1, 0.15) is 0 Å². The number of rotatable bonds is 5. The molecule has 1 aliphatic heterocycles. The quantitative estimate of drug-likeness (QED) is 0.736. The summed E-state index contributed by atoms with van der Waals surface area (Å²) in [6, 6.07) is 17.0. The highest BCUT2D eigenvalue weighted by molar-refractivity contribution is 6.13. The van der Waals surface area contributed by atoms with Crippen molar-refractivity contribution in [3.05, 3.63) is 94.8 Å². The van der Waals surface area contributed by atoms with Crippen molar-refractivity contribution in [2.75, 3.05) is 5.32 Å². The van der Waals surface area contributed by atoms with Gasteiger partial charge in [0.25, 0.3) is 11.8 Å². The molecular weight excluding hydrogens is 350 g/mol. The van der Waals surface area contributed by atoms with Crippen molar-refractivity contribution in [3.8, 4) is 0 Å².